The third kappa shape index (κ3) is 3.68. The van der Waals surface area contributed by atoms with Crippen LogP contribution in [-0.2, 0) is 4.79 Å². The molecule has 6 nitrogen and oxygen atoms in total. The predicted octanol–water partition coefficient (Wildman–Crippen LogP) is 3.38. The molecule has 1 aromatic carbocycles. The summed E-state index contributed by atoms with van der Waals surface area (Å²) in [7, 11) is 0. The lowest BCUT2D eigenvalue weighted by Crippen LogP contribution is -2.59. The highest BCUT2D eigenvalue weighted by Gasteiger charge is 2.45. The zero-order valence-corrected chi connectivity index (χ0v) is 16.1. The Morgan fingerprint density at radius 3 is 2.73 bits per heavy atom. The van der Waals surface area contributed by atoms with Crippen molar-refractivity contribution in [3.8, 4) is 11.3 Å². The van der Waals surface area contributed by atoms with E-state index in [2.05, 4.69) is 21.9 Å². The molecular formula is C22H20F2N4O2. The number of likely N-dealkylation sites (tertiary alicyclic amines) is 1. The third-order valence-electron chi connectivity index (χ3n) is 5.27. The molecule has 3 aromatic rings. The fourth-order valence-electron chi connectivity index (χ4n) is 3.58. The molecule has 1 saturated heterocycles. The van der Waals surface area contributed by atoms with Gasteiger partial charge in [0.05, 0.1) is 11.3 Å². The fraction of sp³-hybridized carbons (Fsp3) is 0.227. The molecular weight excluding hydrogens is 390 g/mol. The van der Waals surface area contributed by atoms with Crippen molar-refractivity contribution < 1.29 is 18.4 Å². The standard InChI is InChI=1S/C22H20F2N4O2/c1-2-19(29)28-11-10-22(23,24)18(13-28)27-21(30)16-12-25-20-15(16)8-9-17(26-20)14-6-4-3-5-7-14/h2-9,12,18H,1,10-11,13H2,(H,25,26)(H,27,30)/t18-/m1/s1. The van der Waals surface area contributed by atoms with Gasteiger partial charge in [0.2, 0.25) is 5.91 Å². The number of amides is 2. The maximum atomic E-state index is 14.4. The molecule has 4 rings (SSSR count). The monoisotopic (exact) mass is 410 g/mol. The number of carbonyl (C=O) groups excluding carboxylic acids is 2. The molecule has 0 aliphatic carbocycles. The number of rotatable bonds is 4. The topological polar surface area (TPSA) is 78.1 Å². The van der Waals surface area contributed by atoms with E-state index >= 15 is 0 Å². The van der Waals surface area contributed by atoms with Gasteiger partial charge in [-0.3, -0.25) is 9.59 Å². The second-order valence-corrected chi connectivity index (χ2v) is 7.19. The second-order valence-electron chi connectivity index (χ2n) is 7.19. The lowest BCUT2D eigenvalue weighted by atomic mass is 10.00. The van der Waals surface area contributed by atoms with Crippen molar-refractivity contribution in [2.24, 2.45) is 0 Å². The summed E-state index contributed by atoms with van der Waals surface area (Å²) in [5, 5.41) is 2.93. The van der Waals surface area contributed by atoms with E-state index in [1.807, 2.05) is 30.3 Å². The fourth-order valence-corrected chi connectivity index (χ4v) is 3.58. The molecule has 30 heavy (non-hydrogen) atoms. The van der Waals surface area contributed by atoms with Crippen molar-refractivity contribution in [1.29, 1.82) is 0 Å². The van der Waals surface area contributed by atoms with Gasteiger partial charge in [0.1, 0.15) is 11.7 Å². The minimum atomic E-state index is -3.11. The minimum absolute atomic E-state index is 0.0799. The lowest BCUT2D eigenvalue weighted by molar-refractivity contribution is -0.135. The van der Waals surface area contributed by atoms with Gasteiger partial charge in [-0.05, 0) is 18.2 Å². The van der Waals surface area contributed by atoms with Crippen LogP contribution in [0.1, 0.15) is 16.8 Å². The number of fused-ring (bicyclic) bond motifs is 1. The van der Waals surface area contributed by atoms with Crippen molar-refractivity contribution in [3.63, 3.8) is 0 Å². The van der Waals surface area contributed by atoms with Gasteiger partial charge in [0.25, 0.3) is 11.8 Å². The zero-order chi connectivity index (χ0) is 21.3. The molecule has 1 aliphatic rings. The number of hydrogen-bond donors (Lipinski definition) is 2. The molecule has 2 amide bonds. The van der Waals surface area contributed by atoms with Crippen LogP contribution in [0.4, 0.5) is 8.78 Å². The number of nitrogens with one attached hydrogen (secondary N) is 2. The van der Waals surface area contributed by atoms with E-state index < -0.39 is 30.2 Å². The summed E-state index contributed by atoms with van der Waals surface area (Å²) < 4.78 is 28.7. The van der Waals surface area contributed by atoms with Gasteiger partial charge in [-0.15, -0.1) is 0 Å². The number of halogens is 2. The number of piperidine rings is 1. The molecule has 0 saturated carbocycles. The number of alkyl halides is 2. The summed E-state index contributed by atoms with van der Waals surface area (Å²) in [6.45, 7) is 3.03. The maximum absolute atomic E-state index is 14.4. The number of nitrogens with zero attached hydrogens (tertiary/aromatic N) is 2. The number of aromatic amines is 1. The molecule has 1 aliphatic heterocycles. The molecule has 0 bridgehead atoms. The average molecular weight is 410 g/mol. The smallest absolute Gasteiger partial charge is 0.271 e. The Bertz CT molecular complexity index is 1110. The molecule has 0 radical (unpaired) electrons. The Balaban J connectivity index is 1.57. The van der Waals surface area contributed by atoms with Crippen LogP contribution in [-0.4, -0.2) is 51.7 Å². The molecule has 2 aromatic heterocycles. The normalized spacial score (nSPS) is 18.2. The van der Waals surface area contributed by atoms with Crippen LogP contribution < -0.4 is 5.32 Å². The quantitative estimate of drug-likeness (QED) is 0.648. The number of H-pyrrole nitrogens is 1. The van der Waals surface area contributed by atoms with E-state index in [-0.39, 0.29) is 18.7 Å². The average Bonchev–Trinajstić information content (AvgIpc) is 3.18. The van der Waals surface area contributed by atoms with E-state index in [9.17, 15) is 18.4 Å². The van der Waals surface area contributed by atoms with Crippen LogP contribution in [0.5, 0.6) is 0 Å². The van der Waals surface area contributed by atoms with Gasteiger partial charge in [0, 0.05) is 36.7 Å². The van der Waals surface area contributed by atoms with E-state index in [0.29, 0.717) is 11.0 Å². The summed E-state index contributed by atoms with van der Waals surface area (Å²) in [5.74, 6) is -4.19. The molecule has 1 atom stereocenters. The Labute approximate surface area is 171 Å². The summed E-state index contributed by atoms with van der Waals surface area (Å²) >= 11 is 0. The molecule has 0 unspecified atom stereocenters. The first-order valence-electron chi connectivity index (χ1n) is 9.52. The van der Waals surface area contributed by atoms with E-state index in [4.69, 9.17) is 0 Å². The highest BCUT2D eigenvalue weighted by Crippen LogP contribution is 2.29. The molecule has 0 spiro atoms. The zero-order valence-electron chi connectivity index (χ0n) is 16.1. The molecule has 8 heteroatoms. The number of benzene rings is 1. The van der Waals surface area contributed by atoms with Crippen molar-refractivity contribution in [2.45, 2.75) is 18.4 Å². The van der Waals surface area contributed by atoms with Crippen LogP contribution in [0.3, 0.4) is 0 Å². The second kappa shape index (κ2) is 7.70. The van der Waals surface area contributed by atoms with Gasteiger partial charge in [0.15, 0.2) is 0 Å². The summed E-state index contributed by atoms with van der Waals surface area (Å²) in [6.07, 6.45) is 2.01. The van der Waals surface area contributed by atoms with E-state index in [1.165, 1.54) is 11.1 Å². The van der Waals surface area contributed by atoms with Crippen LogP contribution in [0, 0.1) is 0 Å². The summed E-state index contributed by atoms with van der Waals surface area (Å²) in [4.78, 5) is 33.3. The number of hydrogen-bond acceptors (Lipinski definition) is 3. The first-order chi connectivity index (χ1) is 14.4. The Morgan fingerprint density at radius 2 is 2.00 bits per heavy atom. The predicted molar refractivity (Wildman–Crippen MR) is 109 cm³/mol. The first-order valence-corrected chi connectivity index (χ1v) is 9.52. The highest BCUT2D eigenvalue weighted by atomic mass is 19.3. The van der Waals surface area contributed by atoms with Gasteiger partial charge in [-0.1, -0.05) is 36.9 Å². The first kappa shape index (κ1) is 19.8. The van der Waals surface area contributed by atoms with Crippen molar-refractivity contribution in [3.05, 3.63) is 66.9 Å². The Morgan fingerprint density at radius 1 is 1.23 bits per heavy atom. The van der Waals surface area contributed by atoms with Crippen LogP contribution in [0.25, 0.3) is 22.3 Å². The number of carbonyl (C=O) groups is 2. The summed E-state index contributed by atoms with van der Waals surface area (Å²) in [6, 6.07) is 11.6. The molecule has 154 valence electrons. The van der Waals surface area contributed by atoms with Crippen LogP contribution in [0.2, 0.25) is 0 Å². The molecule has 3 heterocycles. The van der Waals surface area contributed by atoms with E-state index in [0.717, 1.165) is 17.3 Å². The summed E-state index contributed by atoms with van der Waals surface area (Å²) in [5.41, 5.74) is 2.36. The van der Waals surface area contributed by atoms with Crippen LogP contribution in [0.15, 0.2) is 61.3 Å². The third-order valence-corrected chi connectivity index (χ3v) is 5.27. The van der Waals surface area contributed by atoms with Gasteiger partial charge < -0.3 is 15.2 Å². The van der Waals surface area contributed by atoms with Gasteiger partial charge >= 0.3 is 0 Å². The Kier molecular flexibility index (Phi) is 5.07. The van der Waals surface area contributed by atoms with Crippen molar-refractivity contribution >= 4 is 22.8 Å². The molecule has 1 fully saturated rings. The van der Waals surface area contributed by atoms with Crippen LogP contribution >= 0.6 is 0 Å². The van der Waals surface area contributed by atoms with Crippen molar-refractivity contribution in [2.75, 3.05) is 13.1 Å². The van der Waals surface area contributed by atoms with Gasteiger partial charge in [-0.2, -0.15) is 0 Å². The van der Waals surface area contributed by atoms with Gasteiger partial charge in [-0.25, -0.2) is 13.8 Å². The largest absolute Gasteiger partial charge is 0.345 e. The number of pyridine rings is 1. The Hall–Kier alpha value is -3.55. The SMILES string of the molecule is C=CC(=O)N1CCC(F)(F)[C@H](NC(=O)c2c[nH]c3nc(-c4ccccc4)ccc23)C1. The maximum Gasteiger partial charge on any atom is 0.271 e. The molecule has 2 N–H and O–H groups in total. The lowest BCUT2D eigenvalue weighted by Gasteiger charge is -2.38. The number of aromatic nitrogens is 2. The highest BCUT2D eigenvalue weighted by molar-refractivity contribution is 6.06. The minimum Gasteiger partial charge on any atom is -0.345 e. The van der Waals surface area contributed by atoms with E-state index in [1.54, 1.807) is 12.1 Å². The van der Waals surface area contributed by atoms with Crippen molar-refractivity contribution in [1.82, 2.24) is 20.2 Å².